The summed E-state index contributed by atoms with van der Waals surface area (Å²) in [6.07, 6.45) is 4.16. The summed E-state index contributed by atoms with van der Waals surface area (Å²) in [4.78, 5) is 4.43. The molecule has 0 N–H and O–H groups in total. The second-order valence-corrected chi connectivity index (χ2v) is 3.62. The van der Waals surface area contributed by atoms with E-state index < -0.39 is 0 Å². The first-order valence-corrected chi connectivity index (χ1v) is 5.26. The average molecular weight is 201 g/mol. The van der Waals surface area contributed by atoms with E-state index in [-0.39, 0.29) is 0 Å². The molecule has 2 aromatic rings. The Morgan fingerprint density at radius 1 is 1.33 bits per heavy atom. The molecule has 78 valence electrons. The van der Waals surface area contributed by atoms with Crippen LogP contribution in [0.15, 0.2) is 30.5 Å². The minimum absolute atomic E-state index is 0.901. The van der Waals surface area contributed by atoms with E-state index >= 15 is 0 Å². The summed E-state index contributed by atoms with van der Waals surface area (Å²) in [5, 5.41) is 1.10. The Morgan fingerprint density at radius 2 is 2.20 bits per heavy atom. The third kappa shape index (κ3) is 1.94. The van der Waals surface area contributed by atoms with Gasteiger partial charge in [0.1, 0.15) is 5.75 Å². The summed E-state index contributed by atoms with van der Waals surface area (Å²) < 4.78 is 5.32. The van der Waals surface area contributed by atoms with Crippen LogP contribution in [0.2, 0.25) is 0 Å². The Kier molecular flexibility index (Phi) is 2.86. The zero-order valence-electron chi connectivity index (χ0n) is 9.16. The third-order valence-electron chi connectivity index (χ3n) is 2.50. The number of aromatic nitrogens is 1. The summed E-state index contributed by atoms with van der Waals surface area (Å²) in [5.74, 6) is 0.901. The van der Waals surface area contributed by atoms with Gasteiger partial charge in [-0.3, -0.25) is 4.98 Å². The molecule has 0 aliphatic heterocycles. The second-order valence-electron chi connectivity index (χ2n) is 3.62. The van der Waals surface area contributed by atoms with E-state index in [1.807, 2.05) is 24.4 Å². The maximum Gasteiger partial charge on any atom is 0.128 e. The molecule has 0 saturated carbocycles. The molecule has 0 aliphatic carbocycles. The van der Waals surface area contributed by atoms with Crippen molar-refractivity contribution in [3.63, 3.8) is 0 Å². The highest BCUT2D eigenvalue weighted by atomic mass is 16.5. The molecule has 15 heavy (non-hydrogen) atoms. The molecule has 0 spiro atoms. The number of rotatable bonds is 3. The molecule has 0 radical (unpaired) electrons. The number of hydrogen-bond donors (Lipinski definition) is 0. The maximum atomic E-state index is 5.32. The summed E-state index contributed by atoms with van der Waals surface area (Å²) in [6.45, 7) is 2.17. The van der Waals surface area contributed by atoms with Crippen LogP contribution in [0.1, 0.15) is 18.9 Å². The van der Waals surface area contributed by atoms with Gasteiger partial charge in [0.2, 0.25) is 0 Å². The van der Waals surface area contributed by atoms with Gasteiger partial charge in [0, 0.05) is 11.6 Å². The molecule has 0 atom stereocenters. The van der Waals surface area contributed by atoms with Crippen molar-refractivity contribution >= 4 is 10.9 Å². The van der Waals surface area contributed by atoms with Gasteiger partial charge in [-0.1, -0.05) is 19.4 Å². The van der Waals surface area contributed by atoms with Crippen molar-refractivity contribution in [1.82, 2.24) is 4.98 Å². The maximum absolute atomic E-state index is 5.32. The molecule has 0 aliphatic rings. The fraction of sp³-hybridized carbons (Fsp3) is 0.308. The topological polar surface area (TPSA) is 22.1 Å². The van der Waals surface area contributed by atoms with Crippen molar-refractivity contribution < 1.29 is 4.74 Å². The number of fused-ring (bicyclic) bond motifs is 1. The van der Waals surface area contributed by atoms with Crippen LogP contribution in [0.3, 0.4) is 0 Å². The van der Waals surface area contributed by atoms with Gasteiger partial charge < -0.3 is 4.74 Å². The smallest absolute Gasteiger partial charge is 0.128 e. The lowest BCUT2D eigenvalue weighted by atomic mass is 10.1. The van der Waals surface area contributed by atoms with Crippen LogP contribution in [0.5, 0.6) is 5.75 Å². The predicted molar refractivity (Wildman–Crippen MR) is 62.3 cm³/mol. The van der Waals surface area contributed by atoms with Crippen LogP contribution in [0.4, 0.5) is 0 Å². The highest BCUT2D eigenvalue weighted by Gasteiger charge is 2.02. The van der Waals surface area contributed by atoms with Gasteiger partial charge in [-0.15, -0.1) is 0 Å². The SMILES string of the molecule is CCCc1cnc2cccc(OC)c2c1. The lowest BCUT2D eigenvalue weighted by molar-refractivity contribution is 0.419. The predicted octanol–water partition coefficient (Wildman–Crippen LogP) is 3.20. The van der Waals surface area contributed by atoms with Crippen molar-refractivity contribution in [3.05, 3.63) is 36.0 Å². The van der Waals surface area contributed by atoms with E-state index in [9.17, 15) is 0 Å². The number of methoxy groups -OCH3 is 1. The molecule has 2 nitrogen and oxygen atoms in total. The fourth-order valence-corrected chi connectivity index (χ4v) is 1.77. The van der Waals surface area contributed by atoms with Crippen LogP contribution in [-0.4, -0.2) is 12.1 Å². The number of pyridine rings is 1. The van der Waals surface area contributed by atoms with E-state index in [0.29, 0.717) is 0 Å². The molecule has 0 saturated heterocycles. The van der Waals surface area contributed by atoms with Gasteiger partial charge >= 0.3 is 0 Å². The van der Waals surface area contributed by atoms with Gasteiger partial charge in [-0.2, -0.15) is 0 Å². The molecule has 1 aromatic heterocycles. The number of hydrogen-bond acceptors (Lipinski definition) is 2. The second kappa shape index (κ2) is 4.30. The molecule has 2 rings (SSSR count). The van der Waals surface area contributed by atoms with E-state index in [1.165, 1.54) is 5.56 Å². The van der Waals surface area contributed by atoms with Crippen molar-refractivity contribution in [3.8, 4) is 5.75 Å². The first kappa shape index (κ1) is 9.97. The standard InChI is InChI=1S/C13H15NO/c1-3-5-10-8-11-12(14-9-10)6-4-7-13(11)15-2/h4,6-9H,3,5H2,1-2H3. The molecule has 0 fully saturated rings. The van der Waals surface area contributed by atoms with Gasteiger partial charge in [0.15, 0.2) is 0 Å². The highest BCUT2D eigenvalue weighted by Crippen LogP contribution is 2.24. The monoisotopic (exact) mass is 201 g/mol. The molecule has 0 unspecified atom stereocenters. The number of ether oxygens (including phenoxy) is 1. The largest absolute Gasteiger partial charge is 0.496 e. The summed E-state index contributed by atoms with van der Waals surface area (Å²) in [6, 6.07) is 8.12. The van der Waals surface area contributed by atoms with Crippen LogP contribution in [0, 0.1) is 0 Å². The zero-order valence-corrected chi connectivity index (χ0v) is 9.16. The minimum atomic E-state index is 0.901. The molecule has 2 heteroatoms. The summed E-state index contributed by atoms with van der Waals surface area (Å²) in [7, 11) is 1.70. The zero-order chi connectivity index (χ0) is 10.7. The van der Waals surface area contributed by atoms with Gasteiger partial charge in [0.05, 0.1) is 12.6 Å². The number of aryl methyl sites for hydroxylation is 1. The Hall–Kier alpha value is -1.57. The fourth-order valence-electron chi connectivity index (χ4n) is 1.77. The molecular formula is C13H15NO. The molecule has 0 bridgehead atoms. The van der Waals surface area contributed by atoms with Crippen LogP contribution < -0.4 is 4.74 Å². The lowest BCUT2D eigenvalue weighted by Gasteiger charge is -2.06. The van der Waals surface area contributed by atoms with Crippen LogP contribution in [0.25, 0.3) is 10.9 Å². The van der Waals surface area contributed by atoms with Crippen molar-refractivity contribution in [2.75, 3.05) is 7.11 Å². The molecule has 0 amide bonds. The van der Waals surface area contributed by atoms with E-state index in [4.69, 9.17) is 4.74 Å². The molecule has 1 heterocycles. The summed E-state index contributed by atoms with van der Waals surface area (Å²) in [5.41, 5.74) is 2.27. The molecular weight excluding hydrogens is 186 g/mol. The van der Waals surface area contributed by atoms with Gasteiger partial charge in [0.25, 0.3) is 0 Å². The number of benzene rings is 1. The quantitative estimate of drug-likeness (QED) is 0.760. The van der Waals surface area contributed by atoms with Crippen LogP contribution in [-0.2, 0) is 6.42 Å². The van der Waals surface area contributed by atoms with Crippen LogP contribution >= 0.6 is 0 Å². The Labute approximate surface area is 89.9 Å². The van der Waals surface area contributed by atoms with Crippen molar-refractivity contribution in [1.29, 1.82) is 0 Å². The normalized spacial score (nSPS) is 10.5. The van der Waals surface area contributed by atoms with E-state index in [2.05, 4.69) is 18.0 Å². The van der Waals surface area contributed by atoms with Crippen molar-refractivity contribution in [2.45, 2.75) is 19.8 Å². The number of nitrogens with zero attached hydrogens (tertiary/aromatic N) is 1. The van der Waals surface area contributed by atoms with E-state index in [1.54, 1.807) is 7.11 Å². The lowest BCUT2D eigenvalue weighted by Crippen LogP contribution is -1.90. The average Bonchev–Trinajstić information content (AvgIpc) is 2.28. The minimum Gasteiger partial charge on any atom is -0.496 e. The van der Waals surface area contributed by atoms with E-state index in [0.717, 1.165) is 29.5 Å². The first-order chi connectivity index (χ1) is 7.35. The first-order valence-electron chi connectivity index (χ1n) is 5.26. The molecule has 1 aromatic carbocycles. The third-order valence-corrected chi connectivity index (χ3v) is 2.50. The van der Waals surface area contributed by atoms with Gasteiger partial charge in [-0.25, -0.2) is 0 Å². The Bertz CT molecular complexity index is 465. The summed E-state index contributed by atoms with van der Waals surface area (Å²) >= 11 is 0. The Morgan fingerprint density at radius 3 is 2.93 bits per heavy atom. The Balaban J connectivity index is 2.57. The van der Waals surface area contributed by atoms with Gasteiger partial charge in [-0.05, 0) is 30.2 Å². The highest BCUT2D eigenvalue weighted by molar-refractivity contribution is 5.85. The van der Waals surface area contributed by atoms with Crippen molar-refractivity contribution in [2.24, 2.45) is 0 Å².